The molecule has 3 nitrogen and oxygen atoms in total. The Morgan fingerprint density at radius 3 is 2.50 bits per heavy atom. The maximum atomic E-state index is 8.89. The monoisotopic (exact) mass is 287 g/mol. The predicted molar refractivity (Wildman–Crippen MR) is 82.8 cm³/mol. The molecule has 0 spiro atoms. The number of nitriles is 1. The molecule has 1 saturated heterocycles. The van der Waals surface area contributed by atoms with E-state index in [1.807, 2.05) is 12.1 Å². The van der Waals surface area contributed by atoms with Crippen molar-refractivity contribution in [3.8, 4) is 18.4 Å². The molecule has 0 amide bonds. The second-order valence-corrected chi connectivity index (χ2v) is 5.66. The average Bonchev–Trinajstić information content (AvgIpc) is 2.42. The van der Waals surface area contributed by atoms with Gasteiger partial charge in [-0.25, -0.2) is 0 Å². The zero-order valence-corrected chi connectivity index (χ0v) is 12.6. The van der Waals surface area contributed by atoms with E-state index in [0.29, 0.717) is 29.2 Å². The van der Waals surface area contributed by atoms with Gasteiger partial charge in [-0.3, -0.25) is 4.90 Å². The van der Waals surface area contributed by atoms with Gasteiger partial charge < -0.3 is 4.90 Å². The minimum Gasteiger partial charge on any atom is -0.367 e. The van der Waals surface area contributed by atoms with Crippen LogP contribution < -0.4 is 4.90 Å². The zero-order valence-electron chi connectivity index (χ0n) is 11.8. The molecule has 2 unspecified atom stereocenters. The molecule has 0 N–H and O–H groups in total. The number of anilines is 1. The van der Waals surface area contributed by atoms with Crippen molar-refractivity contribution in [3.63, 3.8) is 0 Å². The SMILES string of the molecule is C#CCN1C(C)CN(c2ccc(C#N)cc2Cl)CC1C. The van der Waals surface area contributed by atoms with E-state index in [4.69, 9.17) is 23.3 Å². The van der Waals surface area contributed by atoms with Gasteiger partial charge in [0.25, 0.3) is 0 Å². The van der Waals surface area contributed by atoms with Crippen LogP contribution in [0.3, 0.4) is 0 Å². The van der Waals surface area contributed by atoms with Gasteiger partial charge >= 0.3 is 0 Å². The molecule has 1 aromatic carbocycles. The van der Waals surface area contributed by atoms with Gasteiger partial charge in [0.05, 0.1) is 28.9 Å². The highest BCUT2D eigenvalue weighted by molar-refractivity contribution is 6.33. The molecule has 1 aliphatic heterocycles. The predicted octanol–water partition coefficient (Wildman–Crippen LogP) is 2.74. The third kappa shape index (κ3) is 2.90. The van der Waals surface area contributed by atoms with E-state index in [-0.39, 0.29) is 0 Å². The van der Waals surface area contributed by atoms with Crippen molar-refractivity contribution in [3.05, 3.63) is 28.8 Å². The second kappa shape index (κ2) is 6.18. The summed E-state index contributed by atoms with van der Waals surface area (Å²) in [6.45, 7) is 6.81. The fourth-order valence-electron chi connectivity index (χ4n) is 2.80. The lowest BCUT2D eigenvalue weighted by atomic mass is 10.1. The Hall–Kier alpha value is -1.68. The van der Waals surface area contributed by atoms with Crippen molar-refractivity contribution < 1.29 is 0 Å². The topological polar surface area (TPSA) is 30.3 Å². The summed E-state index contributed by atoms with van der Waals surface area (Å²) in [5.74, 6) is 2.72. The summed E-state index contributed by atoms with van der Waals surface area (Å²) in [6, 6.07) is 8.32. The van der Waals surface area contributed by atoms with Gasteiger partial charge in [-0.1, -0.05) is 17.5 Å². The molecule has 0 bridgehead atoms. The lowest BCUT2D eigenvalue weighted by Crippen LogP contribution is -2.56. The van der Waals surface area contributed by atoms with Crippen LogP contribution in [0, 0.1) is 23.7 Å². The molecule has 20 heavy (non-hydrogen) atoms. The van der Waals surface area contributed by atoms with Crippen LogP contribution in [0.15, 0.2) is 18.2 Å². The number of hydrogen-bond donors (Lipinski definition) is 0. The summed E-state index contributed by atoms with van der Waals surface area (Å²) in [5, 5.41) is 9.53. The molecule has 0 aromatic heterocycles. The molecule has 0 aliphatic carbocycles. The number of piperazine rings is 1. The van der Waals surface area contributed by atoms with Crippen LogP contribution in [0.25, 0.3) is 0 Å². The number of halogens is 1. The van der Waals surface area contributed by atoms with Crippen molar-refractivity contribution >= 4 is 17.3 Å². The zero-order chi connectivity index (χ0) is 14.7. The van der Waals surface area contributed by atoms with Crippen molar-refractivity contribution in [2.45, 2.75) is 25.9 Å². The quantitative estimate of drug-likeness (QED) is 0.784. The lowest BCUT2D eigenvalue weighted by Gasteiger charge is -2.44. The minimum absolute atomic E-state index is 0.376. The molecule has 2 rings (SSSR count). The lowest BCUT2D eigenvalue weighted by molar-refractivity contribution is 0.152. The van der Waals surface area contributed by atoms with Crippen molar-refractivity contribution in [1.82, 2.24) is 4.90 Å². The van der Waals surface area contributed by atoms with Gasteiger partial charge in [-0.2, -0.15) is 5.26 Å². The third-order valence-electron chi connectivity index (χ3n) is 3.79. The smallest absolute Gasteiger partial charge is 0.0992 e. The summed E-state index contributed by atoms with van der Waals surface area (Å²) in [4.78, 5) is 4.60. The van der Waals surface area contributed by atoms with E-state index in [1.54, 1.807) is 6.07 Å². The Bertz CT molecular complexity index is 558. The molecule has 1 fully saturated rings. The normalized spacial score (nSPS) is 23.1. The van der Waals surface area contributed by atoms with Crippen molar-refractivity contribution in [1.29, 1.82) is 5.26 Å². The summed E-state index contributed by atoms with van der Waals surface area (Å²) < 4.78 is 0. The molecule has 0 saturated carbocycles. The number of nitrogens with zero attached hydrogens (tertiary/aromatic N) is 3. The van der Waals surface area contributed by atoms with E-state index < -0.39 is 0 Å². The molecule has 2 atom stereocenters. The first kappa shape index (κ1) is 14.7. The Morgan fingerprint density at radius 1 is 1.35 bits per heavy atom. The van der Waals surface area contributed by atoms with Crippen LogP contribution in [0.1, 0.15) is 19.4 Å². The van der Waals surface area contributed by atoms with Crippen LogP contribution in [-0.2, 0) is 0 Å². The van der Waals surface area contributed by atoms with E-state index in [9.17, 15) is 0 Å². The van der Waals surface area contributed by atoms with Gasteiger partial charge in [-0.15, -0.1) is 6.42 Å². The van der Waals surface area contributed by atoms with Crippen molar-refractivity contribution in [2.24, 2.45) is 0 Å². The van der Waals surface area contributed by atoms with Crippen LogP contribution >= 0.6 is 11.6 Å². The van der Waals surface area contributed by atoms with Gasteiger partial charge in [0.15, 0.2) is 0 Å². The van der Waals surface area contributed by atoms with E-state index in [2.05, 4.69) is 35.6 Å². The Morgan fingerprint density at radius 2 is 2.00 bits per heavy atom. The number of hydrogen-bond acceptors (Lipinski definition) is 3. The standard InChI is InChI=1S/C16H18ClN3/c1-4-7-20-12(2)10-19(11-13(20)3)16-6-5-14(9-18)8-15(16)17/h1,5-6,8,12-13H,7,10-11H2,2-3H3. The Labute approximate surface area is 125 Å². The van der Waals surface area contributed by atoms with Crippen LogP contribution in [0.2, 0.25) is 5.02 Å². The maximum absolute atomic E-state index is 8.89. The highest BCUT2D eigenvalue weighted by Gasteiger charge is 2.29. The fraction of sp³-hybridized carbons (Fsp3) is 0.438. The summed E-state index contributed by atoms with van der Waals surface area (Å²) in [6.07, 6.45) is 5.43. The third-order valence-corrected chi connectivity index (χ3v) is 4.10. The second-order valence-electron chi connectivity index (χ2n) is 5.26. The van der Waals surface area contributed by atoms with Gasteiger partial charge in [0.2, 0.25) is 0 Å². The number of benzene rings is 1. The van der Waals surface area contributed by atoms with Crippen LogP contribution in [0.4, 0.5) is 5.69 Å². The molecule has 1 aliphatic rings. The van der Waals surface area contributed by atoms with Gasteiger partial charge in [0.1, 0.15) is 0 Å². The molecular formula is C16H18ClN3. The molecular weight excluding hydrogens is 270 g/mol. The number of terminal acetylenes is 1. The van der Waals surface area contributed by atoms with Crippen LogP contribution in [0.5, 0.6) is 0 Å². The van der Waals surface area contributed by atoms with E-state index in [1.165, 1.54) is 0 Å². The fourth-order valence-corrected chi connectivity index (χ4v) is 3.10. The molecule has 1 heterocycles. The molecule has 0 radical (unpaired) electrons. The first-order valence-electron chi connectivity index (χ1n) is 6.70. The van der Waals surface area contributed by atoms with Gasteiger partial charge in [-0.05, 0) is 32.0 Å². The first-order chi connectivity index (χ1) is 9.56. The average molecular weight is 288 g/mol. The van der Waals surface area contributed by atoms with Crippen molar-refractivity contribution in [2.75, 3.05) is 24.5 Å². The largest absolute Gasteiger partial charge is 0.367 e. The van der Waals surface area contributed by atoms with E-state index >= 15 is 0 Å². The van der Waals surface area contributed by atoms with Gasteiger partial charge in [0, 0.05) is 25.2 Å². The first-order valence-corrected chi connectivity index (χ1v) is 7.08. The molecule has 104 valence electrons. The summed E-state index contributed by atoms with van der Waals surface area (Å²) in [7, 11) is 0. The van der Waals surface area contributed by atoms with Crippen LogP contribution in [-0.4, -0.2) is 36.6 Å². The highest BCUT2D eigenvalue weighted by atomic mass is 35.5. The number of rotatable bonds is 2. The highest BCUT2D eigenvalue weighted by Crippen LogP contribution is 2.30. The summed E-state index contributed by atoms with van der Waals surface area (Å²) >= 11 is 6.30. The molecule has 4 heteroatoms. The Kier molecular flexibility index (Phi) is 4.55. The maximum Gasteiger partial charge on any atom is 0.0992 e. The van der Waals surface area contributed by atoms with E-state index in [0.717, 1.165) is 18.8 Å². The minimum atomic E-state index is 0.376. The summed E-state index contributed by atoms with van der Waals surface area (Å²) in [5.41, 5.74) is 1.58. The Balaban J connectivity index is 2.20. The molecule has 1 aromatic rings.